The summed E-state index contributed by atoms with van der Waals surface area (Å²) in [7, 11) is 0. The zero-order chi connectivity index (χ0) is 21.8. The van der Waals surface area contributed by atoms with Gasteiger partial charge >= 0.3 is 0 Å². The van der Waals surface area contributed by atoms with Gasteiger partial charge in [-0.3, -0.25) is 14.4 Å². The minimum Gasteiger partial charge on any atom is -0.363 e. The minimum atomic E-state index is -1.10. The maximum absolute atomic E-state index is 13.1. The van der Waals surface area contributed by atoms with E-state index < -0.39 is 23.6 Å². The zero-order valence-corrected chi connectivity index (χ0v) is 17.1. The number of primary amides is 1. The van der Waals surface area contributed by atoms with Gasteiger partial charge in [0.15, 0.2) is 5.76 Å². The fourth-order valence-corrected chi connectivity index (χ4v) is 3.28. The lowest BCUT2D eigenvalue weighted by Gasteiger charge is -2.18. The first-order valence-corrected chi connectivity index (χ1v) is 9.50. The molecule has 0 aliphatic carbocycles. The molecule has 0 spiro atoms. The average molecular weight is 405 g/mol. The van der Waals surface area contributed by atoms with Crippen LogP contribution in [0.15, 0.2) is 53.1 Å². The SMILES string of the molecule is Cc1ccc(C)c(C[C@H](NC(=O)c2c(C)noc2-c2ccccc2)C(=O)C(N)=O)c1. The van der Waals surface area contributed by atoms with Crippen molar-refractivity contribution in [3.8, 4) is 11.3 Å². The smallest absolute Gasteiger partial charge is 0.287 e. The van der Waals surface area contributed by atoms with Crippen molar-refractivity contribution in [3.63, 3.8) is 0 Å². The third-order valence-corrected chi connectivity index (χ3v) is 4.92. The Morgan fingerprint density at radius 1 is 1.07 bits per heavy atom. The topological polar surface area (TPSA) is 115 Å². The molecule has 0 fully saturated rings. The molecule has 3 aromatic rings. The standard InChI is InChI=1S/C23H23N3O4/c1-13-9-10-14(2)17(11-13)12-18(20(27)22(24)28)25-23(29)19-15(3)26-30-21(19)16-7-5-4-6-8-16/h4-11,18H,12H2,1-3H3,(H2,24,28)(H,25,29)/t18-/m0/s1. The number of hydrogen-bond donors (Lipinski definition) is 2. The number of carbonyl (C=O) groups excluding carboxylic acids is 3. The first-order valence-electron chi connectivity index (χ1n) is 9.50. The quantitative estimate of drug-likeness (QED) is 0.587. The highest BCUT2D eigenvalue weighted by Crippen LogP contribution is 2.26. The Balaban J connectivity index is 1.93. The summed E-state index contributed by atoms with van der Waals surface area (Å²) >= 11 is 0. The summed E-state index contributed by atoms with van der Waals surface area (Å²) in [5.41, 5.74) is 9.30. The van der Waals surface area contributed by atoms with Crippen LogP contribution in [0.4, 0.5) is 0 Å². The highest BCUT2D eigenvalue weighted by atomic mass is 16.5. The maximum atomic E-state index is 13.1. The molecule has 0 radical (unpaired) electrons. The molecule has 0 aliphatic rings. The fraction of sp³-hybridized carbons (Fsp3) is 0.217. The molecule has 0 aliphatic heterocycles. The zero-order valence-electron chi connectivity index (χ0n) is 17.1. The van der Waals surface area contributed by atoms with Gasteiger partial charge in [-0.1, -0.05) is 59.3 Å². The molecule has 7 heteroatoms. The van der Waals surface area contributed by atoms with Gasteiger partial charge in [-0.05, 0) is 31.9 Å². The van der Waals surface area contributed by atoms with E-state index in [1.807, 2.05) is 50.2 Å². The molecule has 154 valence electrons. The Labute approximate surface area is 174 Å². The molecule has 0 bridgehead atoms. The van der Waals surface area contributed by atoms with Crippen molar-refractivity contribution >= 4 is 17.6 Å². The minimum absolute atomic E-state index is 0.145. The molecule has 3 rings (SSSR count). The average Bonchev–Trinajstić information content (AvgIpc) is 3.11. The van der Waals surface area contributed by atoms with Gasteiger partial charge in [0.25, 0.3) is 11.8 Å². The van der Waals surface area contributed by atoms with Gasteiger partial charge in [-0.15, -0.1) is 0 Å². The molecular formula is C23H23N3O4. The molecule has 0 saturated carbocycles. The highest BCUT2D eigenvalue weighted by molar-refractivity contribution is 6.38. The van der Waals surface area contributed by atoms with Crippen LogP contribution in [0.3, 0.4) is 0 Å². The van der Waals surface area contributed by atoms with E-state index in [1.54, 1.807) is 19.1 Å². The molecule has 0 unspecified atom stereocenters. The number of amides is 2. The summed E-state index contributed by atoms with van der Waals surface area (Å²) in [4.78, 5) is 37.1. The largest absolute Gasteiger partial charge is 0.363 e. The Kier molecular flexibility index (Phi) is 6.11. The van der Waals surface area contributed by atoms with Crippen LogP contribution >= 0.6 is 0 Å². The van der Waals surface area contributed by atoms with Crippen LogP contribution in [0.1, 0.15) is 32.7 Å². The van der Waals surface area contributed by atoms with E-state index in [1.165, 1.54) is 0 Å². The highest BCUT2D eigenvalue weighted by Gasteiger charge is 2.29. The van der Waals surface area contributed by atoms with Crippen molar-refractivity contribution in [2.24, 2.45) is 5.73 Å². The third-order valence-electron chi connectivity index (χ3n) is 4.92. The van der Waals surface area contributed by atoms with Crippen molar-refractivity contribution in [3.05, 3.63) is 76.5 Å². The Morgan fingerprint density at radius 2 is 1.77 bits per heavy atom. The molecule has 30 heavy (non-hydrogen) atoms. The van der Waals surface area contributed by atoms with E-state index in [4.69, 9.17) is 10.3 Å². The second kappa shape index (κ2) is 8.73. The van der Waals surface area contributed by atoms with Gasteiger partial charge in [-0.2, -0.15) is 0 Å². The lowest BCUT2D eigenvalue weighted by Crippen LogP contribution is -2.47. The summed E-state index contributed by atoms with van der Waals surface area (Å²) in [5, 5.41) is 6.56. The molecule has 1 aromatic heterocycles. The normalized spacial score (nSPS) is 11.7. The van der Waals surface area contributed by atoms with E-state index in [9.17, 15) is 14.4 Å². The Bertz CT molecular complexity index is 1100. The van der Waals surface area contributed by atoms with E-state index in [2.05, 4.69) is 10.5 Å². The number of aryl methyl sites for hydroxylation is 3. The van der Waals surface area contributed by atoms with Crippen LogP contribution in [0.5, 0.6) is 0 Å². The van der Waals surface area contributed by atoms with E-state index in [-0.39, 0.29) is 12.0 Å². The van der Waals surface area contributed by atoms with Gasteiger partial charge in [0.1, 0.15) is 11.6 Å². The molecule has 1 heterocycles. The molecule has 7 nitrogen and oxygen atoms in total. The number of nitrogens with one attached hydrogen (secondary N) is 1. The van der Waals surface area contributed by atoms with Crippen LogP contribution in [-0.4, -0.2) is 28.8 Å². The summed E-state index contributed by atoms with van der Waals surface area (Å²) < 4.78 is 5.36. The molecule has 0 saturated heterocycles. The predicted molar refractivity (Wildman–Crippen MR) is 112 cm³/mol. The van der Waals surface area contributed by atoms with Crippen molar-refractivity contribution in [1.82, 2.24) is 10.5 Å². The first-order chi connectivity index (χ1) is 14.3. The number of Topliss-reactive ketones (excluding diaryl/α,β-unsaturated/α-hetero) is 1. The Hall–Kier alpha value is -3.74. The van der Waals surface area contributed by atoms with Gasteiger partial charge in [0.2, 0.25) is 5.78 Å². The van der Waals surface area contributed by atoms with Crippen molar-refractivity contribution in [1.29, 1.82) is 0 Å². The number of ketones is 1. The van der Waals surface area contributed by atoms with Gasteiger partial charge in [0, 0.05) is 12.0 Å². The van der Waals surface area contributed by atoms with Crippen LogP contribution in [0, 0.1) is 20.8 Å². The monoisotopic (exact) mass is 405 g/mol. The van der Waals surface area contributed by atoms with E-state index in [0.717, 1.165) is 16.7 Å². The summed E-state index contributed by atoms with van der Waals surface area (Å²) in [6.07, 6.45) is 0.145. The van der Waals surface area contributed by atoms with Crippen LogP contribution in [-0.2, 0) is 16.0 Å². The number of carbonyl (C=O) groups is 3. The van der Waals surface area contributed by atoms with Crippen LogP contribution < -0.4 is 11.1 Å². The van der Waals surface area contributed by atoms with Crippen LogP contribution in [0.25, 0.3) is 11.3 Å². The second-order valence-corrected chi connectivity index (χ2v) is 7.23. The van der Waals surface area contributed by atoms with Crippen molar-refractivity contribution in [2.75, 3.05) is 0 Å². The Morgan fingerprint density at radius 3 is 2.43 bits per heavy atom. The maximum Gasteiger partial charge on any atom is 0.287 e. The number of rotatable bonds is 7. The molecule has 3 N–H and O–H groups in total. The third kappa shape index (κ3) is 4.46. The lowest BCUT2D eigenvalue weighted by molar-refractivity contribution is -0.137. The summed E-state index contributed by atoms with van der Waals surface area (Å²) in [6.45, 7) is 5.47. The van der Waals surface area contributed by atoms with Gasteiger partial charge in [-0.25, -0.2) is 0 Å². The van der Waals surface area contributed by atoms with Gasteiger partial charge in [0.05, 0.1) is 5.69 Å². The van der Waals surface area contributed by atoms with Crippen molar-refractivity contribution in [2.45, 2.75) is 33.2 Å². The number of nitrogens with zero attached hydrogens (tertiary/aromatic N) is 1. The summed E-state index contributed by atoms with van der Waals surface area (Å²) in [6, 6.07) is 13.8. The second-order valence-electron chi connectivity index (χ2n) is 7.23. The molecule has 1 atom stereocenters. The molecule has 2 aromatic carbocycles. The number of benzene rings is 2. The van der Waals surface area contributed by atoms with Crippen LogP contribution in [0.2, 0.25) is 0 Å². The number of aromatic nitrogens is 1. The molecular weight excluding hydrogens is 382 g/mol. The van der Waals surface area contributed by atoms with Gasteiger partial charge < -0.3 is 15.6 Å². The fourth-order valence-electron chi connectivity index (χ4n) is 3.28. The van der Waals surface area contributed by atoms with E-state index >= 15 is 0 Å². The summed E-state index contributed by atoms with van der Waals surface area (Å²) in [5.74, 6) is -2.23. The van der Waals surface area contributed by atoms with E-state index in [0.29, 0.717) is 17.0 Å². The predicted octanol–water partition coefficient (Wildman–Crippen LogP) is 2.66. The van der Waals surface area contributed by atoms with Crippen molar-refractivity contribution < 1.29 is 18.9 Å². The lowest BCUT2D eigenvalue weighted by atomic mass is 9.96. The molecule has 2 amide bonds. The first kappa shape index (κ1) is 21.0. The number of nitrogens with two attached hydrogens (primary N) is 1. The number of hydrogen-bond acceptors (Lipinski definition) is 5.